The molecule has 24 heavy (non-hydrogen) atoms. The van der Waals surface area contributed by atoms with Gasteiger partial charge in [0.15, 0.2) is 5.13 Å². The number of thiazole rings is 1. The number of carbonyl (C=O) groups excluding carboxylic acids is 2. The van der Waals surface area contributed by atoms with Gasteiger partial charge in [0.25, 0.3) is 5.69 Å². The van der Waals surface area contributed by atoms with Crippen molar-refractivity contribution in [2.45, 2.75) is 6.92 Å². The summed E-state index contributed by atoms with van der Waals surface area (Å²) >= 11 is 1.02. The first-order valence-corrected chi connectivity index (χ1v) is 7.51. The number of hydrogen-bond donors (Lipinski definition) is 1. The fourth-order valence-electron chi connectivity index (χ4n) is 1.76. The average molecular weight is 347 g/mol. The van der Waals surface area contributed by atoms with Crippen LogP contribution in [0.25, 0.3) is 6.08 Å². The third-order valence-corrected chi connectivity index (χ3v) is 3.98. The van der Waals surface area contributed by atoms with E-state index in [-0.39, 0.29) is 10.8 Å². The van der Waals surface area contributed by atoms with Gasteiger partial charge >= 0.3 is 5.97 Å². The minimum atomic E-state index is -0.507. The van der Waals surface area contributed by atoms with E-state index in [9.17, 15) is 19.7 Å². The second-order valence-electron chi connectivity index (χ2n) is 4.60. The molecule has 0 aliphatic carbocycles. The lowest BCUT2D eigenvalue weighted by atomic mass is 10.2. The Balaban J connectivity index is 2.02. The standard InChI is InChI=1S/C15H13N3O5S/c1-9-13(14(20)23-2)24-15(16-9)17-12(19)8-5-10-3-6-11(7-4-10)18(21)22/h3-8H,1-2H3,(H,16,17,19). The fraction of sp³-hybridized carbons (Fsp3) is 0.133. The Morgan fingerprint density at radius 1 is 1.33 bits per heavy atom. The summed E-state index contributed by atoms with van der Waals surface area (Å²) in [5, 5.41) is 13.4. The molecule has 1 aromatic carbocycles. The van der Waals surface area contributed by atoms with Crippen LogP contribution >= 0.6 is 11.3 Å². The highest BCUT2D eigenvalue weighted by atomic mass is 32.1. The molecule has 0 spiro atoms. The lowest BCUT2D eigenvalue weighted by molar-refractivity contribution is -0.384. The van der Waals surface area contributed by atoms with Crippen molar-refractivity contribution in [1.29, 1.82) is 0 Å². The van der Waals surface area contributed by atoms with Gasteiger partial charge in [-0.15, -0.1) is 0 Å². The number of nitro groups is 1. The molecular weight excluding hydrogens is 334 g/mol. The molecule has 0 aliphatic rings. The Kier molecular flexibility index (Phi) is 5.38. The molecule has 0 saturated heterocycles. The van der Waals surface area contributed by atoms with E-state index in [0.717, 1.165) is 11.3 Å². The van der Waals surface area contributed by atoms with E-state index in [1.807, 2.05) is 0 Å². The molecular formula is C15H13N3O5S. The van der Waals surface area contributed by atoms with Crippen molar-refractivity contribution in [3.8, 4) is 0 Å². The molecule has 0 atom stereocenters. The van der Waals surface area contributed by atoms with Crippen LogP contribution < -0.4 is 5.32 Å². The molecule has 8 nitrogen and oxygen atoms in total. The fourth-order valence-corrected chi connectivity index (χ4v) is 2.65. The molecule has 2 aromatic rings. The molecule has 0 aliphatic heterocycles. The molecule has 2 rings (SSSR count). The normalized spacial score (nSPS) is 10.6. The molecule has 0 bridgehead atoms. The number of hydrogen-bond acceptors (Lipinski definition) is 7. The quantitative estimate of drug-likeness (QED) is 0.385. The second kappa shape index (κ2) is 7.47. The van der Waals surface area contributed by atoms with Crippen LogP contribution in [0.4, 0.5) is 10.8 Å². The first kappa shape index (κ1) is 17.3. The van der Waals surface area contributed by atoms with Crippen LogP contribution in [0.5, 0.6) is 0 Å². The van der Waals surface area contributed by atoms with E-state index in [0.29, 0.717) is 16.1 Å². The van der Waals surface area contributed by atoms with Gasteiger partial charge in [0.05, 0.1) is 17.7 Å². The lowest BCUT2D eigenvalue weighted by Gasteiger charge is -1.96. The van der Waals surface area contributed by atoms with E-state index in [4.69, 9.17) is 0 Å². The topological polar surface area (TPSA) is 111 Å². The summed E-state index contributed by atoms with van der Waals surface area (Å²) in [5.74, 6) is -0.939. The number of esters is 1. The van der Waals surface area contributed by atoms with E-state index < -0.39 is 16.8 Å². The Labute approximate surface area is 140 Å². The first-order valence-electron chi connectivity index (χ1n) is 6.70. The van der Waals surface area contributed by atoms with Crippen LogP contribution in [-0.2, 0) is 9.53 Å². The number of carbonyl (C=O) groups is 2. The van der Waals surface area contributed by atoms with E-state index in [1.165, 1.54) is 43.5 Å². The van der Waals surface area contributed by atoms with Gasteiger partial charge in [-0.3, -0.25) is 20.2 Å². The summed E-state index contributed by atoms with van der Waals surface area (Å²) in [4.78, 5) is 37.8. The third kappa shape index (κ3) is 4.23. The number of anilines is 1. The van der Waals surface area contributed by atoms with Crippen LogP contribution in [0.1, 0.15) is 20.9 Å². The minimum absolute atomic E-state index is 0.0230. The van der Waals surface area contributed by atoms with Crippen molar-refractivity contribution in [3.63, 3.8) is 0 Å². The number of nitrogens with zero attached hydrogens (tertiary/aromatic N) is 2. The van der Waals surface area contributed by atoms with Crippen LogP contribution in [-0.4, -0.2) is 28.9 Å². The highest BCUT2D eigenvalue weighted by molar-refractivity contribution is 7.17. The smallest absolute Gasteiger partial charge is 0.350 e. The van der Waals surface area contributed by atoms with Crippen molar-refractivity contribution in [2.24, 2.45) is 0 Å². The number of amides is 1. The number of aromatic nitrogens is 1. The van der Waals surface area contributed by atoms with Gasteiger partial charge in [0.2, 0.25) is 5.91 Å². The summed E-state index contributed by atoms with van der Waals surface area (Å²) < 4.78 is 4.62. The number of benzene rings is 1. The molecule has 9 heteroatoms. The van der Waals surface area contributed by atoms with Crippen LogP contribution in [0, 0.1) is 17.0 Å². The predicted molar refractivity (Wildman–Crippen MR) is 89.0 cm³/mol. The monoisotopic (exact) mass is 347 g/mol. The maximum absolute atomic E-state index is 11.9. The maximum Gasteiger partial charge on any atom is 0.350 e. The highest BCUT2D eigenvalue weighted by Crippen LogP contribution is 2.23. The Bertz CT molecular complexity index is 811. The van der Waals surface area contributed by atoms with Gasteiger partial charge in [-0.2, -0.15) is 0 Å². The van der Waals surface area contributed by atoms with Crippen molar-refractivity contribution < 1.29 is 19.2 Å². The molecule has 0 radical (unpaired) electrons. The van der Waals surface area contributed by atoms with Crippen LogP contribution in [0.15, 0.2) is 30.3 Å². The lowest BCUT2D eigenvalue weighted by Crippen LogP contribution is -2.07. The molecule has 1 amide bonds. The average Bonchev–Trinajstić information content (AvgIpc) is 2.92. The summed E-state index contributed by atoms with van der Waals surface area (Å²) in [5.41, 5.74) is 1.09. The number of aryl methyl sites for hydroxylation is 1. The molecule has 0 saturated carbocycles. The molecule has 1 N–H and O–H groups in total. The third-order valence-electron chi connectivity index (χ3n) is 2.93. The van der Waals surface area contributed by atoms with Gasteiger partial charge in [-0.05, 0) is 30.7 Å². The number of nitro benzene ring substituents is 1. The molecule has 124 valence electrons. The maximum atomic E-state index is 11.9. The van der Waals surface area contributed by atoms with Crippen molar-refractivity contribution in [3.05, 3.63) is 56.6 Å². The second-order valence-corrected chi connectivity index (χ2v) is 5.60. The predicted octanol–water partition coefficient (Wildman–Crippen LogP) is 2.80. The van der Waals surface area contributed by atoms with Gasteiger partial charge in [0, 0.05) is 18.2 Å². The Morgan fingerprint density at radius 2 is 2.00 bits per heavy atom. The number of non-ortho nitro benzene ring substituents is 1. The summed E-state index contributed by atoms with van der Waals surface area (Å²) in [6.45, 7) is 1.64. The number of nitrogens with one attached hydrogen (secondary N) is 1. The SMILES string of the molecule is COC(=O)c1sc(NC(=O)C=Cc2ccc([N+](=O)[O-])cc2)nc1C. The van der Waals surface area contributed by atoms with Crippen LogP contribution in [0.3, 0.4) is 0 Å². The van der Waals surface area contributed by atoms with Gasteiger partial charge < -0.3 is 4.74 Å². The molecule has 1 heterocycles. The van der Waals surface area contributed by atoms with E-state index in [2.05, 4.69) is 15.0 Å². The Hall–Kier alpha value is -3.07. The van der Waals surface area contributed by atoms with Crippen molar-refractivity contribution in [1.82, 2.24) is 4.98 Å². The van der Waals surface area contributed by atoms with E-state index in [1.54, 1.807) is 6.92 Å². The van der Waals surface area contributed by atoms with Crippen molar-refractivity contribution in [2.75, 3.05) is 12.4 Å². The summed E-state index contributed by atoms with van der Waals surface area (Å²) in [6.07, 6.45) is 2.79. The van der Waals surface area contributed by atoms with Gasteiger partial charge in [-0.1, -0.05) is 11.3 Å². The minimum Gasteiger partial charge on any atom is -0.465 e. The molecule has 0 fully saturated rings. The van der Waals surface area contributed by atoms with Crippen LogP contribution in [0.2, 0.25) is 0 Å². The van der Waals surface area contributed by atoms with E-state index >= 15 is 0 Å². The summed E-state index contributed by atoms with van der Waals surface area (Å²) in [7, 11) is 1.27. The zero-order valence-corrected chi connectivity index (χ0v) is 13.6. The summed E-state index contributed by atoms with van der Waals surface area (Å²) in [6, 6.07) is 5.77. The number of rotatable bonds is 5. The zero-order chi connectivity index (χ0) is 17.7. The molecule has 0 unspecified atom stereocenters. The molecule has 1 aromatic heterocycles. The van der Waals surface area contributed by atoms with Crippen molar-refractivity contribution >= 4 is 40.1 Å². The zero-order valence-electron chi connectivity index (χ0n) is 12.8. The number of ether oxygens (including phenoxy) is 1. The van der Waals surface area contributed by atoms with Gasteiger partial charge in [-0.25, -0.2) is 9.78 Å². The first-order chi connectivity index (χ1) is 11.4. The largest absolute Gasteiger partial charge is 0.465 e. The highest BCUT2D eigenvalue weighted by Gasteiger charge is 2.16. The number of methoxy groups -OCH3 is 1. The Morgan fingerprint density at radius 3 is 2.58 bits per heavy atom. The van der Waals surface area contributed by atoms with Gasteiger partial charge in [0.1, 0.15) is 4.88 Å².